The number of aryl methyl sites for hydroxylation is 2. The highest BCUT2D eigenvalue weighted by molar-refractivity contribution is 7.89. The van der Waals surface area contributed by atoms with Crippen molar-refractivity contribution in [2.45, 2.75) is 58.5 Å². The maximum absolute atomic E-state index is 13.5. The molecule has 7 nitrogen and oxygen atoms in total. The first-order valence-electron chi connectivity index (χ1n) is 11.6. The molecule has 0 saturated heterocycles. The van der Waals surface area contributed by atoms with Crippen LogP contribution >= 0.6 is 0 Å². The van der Waals surface area contributed by atoms with E-state index in [-0.39, 0.29) is 29.8 Å². The summed E-state index contributed by atoms with van der Waals surface area (Å²) >= 11 is 0. The zero-order valence-corrected chi connectivity index (χ0v) is 21.9. The lowest BCUT2D eigenvalue weighted by Crippen LogP contribution is -2.52. The number of hydrogen-bond acceptors (Lipinski definition) is 4. The number of hydrogen-bond donors (Lipinski definition) is 1. The lowest BCUT2D eigenvalue weighted by molar-refractivity contribution is -0.141. The summed E-state index contributed by atoms with van der Waals surface area (Å²) in [4.78, 5) is 28.1. The summed E-state index contributed by atoms with van der Waals surface area (Å²) < 4.78 is 27.1. The number of carbonyl (C=O) groups is 2. The Morgan fingerprint density at radius 3 is 2.21 bits per heavy atom. The van der Waals surface area contributed by atoms with Gasteiger partial charge in [0.05, 0.1) is 11.4 Å². The highest BCUT2D eigenvalue weighted by Gasteiger charge is 2.31. The molecule has 0 fully saturated rings. The third-order valence-corrected chi connectivity index (χ3v) is 7.41. The zero-order valence-electron chi connectivity index (χ0n) is 21.0. The maximum Gasteiger partial charge on any atom is 0.243 e. The van der Waals surface area contributed by atoms with Crippen LogP contribution in [0.3, 0.4) is 0 Å². The average molecular weight is 488 g/mol. The molecule has 0 heterocycles. The highest BCUT2D eigenvalue weighted by atomic mass is 32.2. The Labute approximate surface area is 204 Å². The van der Waals surface area contributed by atoms with Crippen LogP contribution in [0.1, 0.15) is 43.9 Å². The van der Waals surface area contributed by atoms with Crippen LogP contribution in [-0.2, 0) is 26.2 Å². The van der Waals surface area contributed by atoms with Gasteiger partial charge in [-0.3, -0.25) is 9.59 Å². The van der Waals surface area contributed by atoms with Gasteiger partial charge in [0.15, 0.2) is 0 Å². The summed E-state index contributed by atoms with van der Waals surface area (Å²) in [6, 6.07) is 13.5. The van der Waals surface area contributed by atoms with E-state index in [0.29, 0.717) is 13.0 Å². The highest BCUT2D eigenvalue weighted by Crippen LogP contribution is 2.18. The summed E-state index contributed by atoms with van der Waals surface area (Å²) in [5.74, 6) is -0.388. The predicted octanol–water partition coefficient (Wildman–Crippen LogP) is 3.50. The Kier molecular flexibility index (Phi) is 9.82. The van der Waals surface area contributed by atoms with Crippen molar-refractivity contribution in [3.63, 3.8) is 0 Å². The molecule has 2 aromatic rings. The molecule has 0 aliphatic rings. The molecule has 8 heteroatoms. The summed E-state index contributed by atoms with van der Waals surface area (Å²) in [5, 5.41) is 2.92. The molecule has 0 bridgehead atoms. The minimum absolute atomic E-state index is 0.125. The molecular formula is C26H37N3O4S. The molecule has 0 aliphatic heterocycles. The zero-order chi connectivity index (χ0) is 25.5. The third-order valence-electron chi connectivity index (χ3n) is 5.59. The molecule has 0 aliphatic carbocycles. The van der Waals surface area contributed by atoms with E-state index in [9.17, 15) is 18.0 Å². The van der Waals surface area contributed by atoms with Crippen molar-refractivity contribution in [2.75, 3.05) is 20.1 Å². The average Bonchev–Trinajstić information content (AvgIpc) is 2.77. The first-order chi connectivity index (χ1) is 15.9. The first kappa shape index (κ1) is 27.5. The van der Waals surface area contributed by atoms with Gasteiger partial charge in [0.2, 0.25) is 21.8 Å². The second-order valence-corrected chi connectivity index (χ2v) is 11.2. The van der Waals surface area contributed by atoms with Crippen LogP contribution in [0.5, 0.6) is 0 Å². The van der Waals surface area contributed by atoms with Crippen LogP contribution in [0.2, 0.25) is 0 Å². The molecule has 0 radical (unpaired) electrons. The van der Waals surface area contributed by atoms with Crippen molar-refractivity contribution < 1.29 is 18.0 Å². The number of benzene rings is 2. The molecule has 2 aromatic carbocycles. The number of carbonyl (C=O) groups excluding carboxylic acids is 2. The van der Waals surface area contributed by atoms with Gasteiger partial charge in [-0.15, -0.1) is 0 Å². The summed E-state index contributed by atoms with van der Waals surface area (Å²) in [6.45, 7) is 10.0. The first-order valence-corrected chi connectivity index (χ1v) is 13.1. The Morgan fingerprint density at radius 1 is 1.00 bits per heavy atom. The van der Waals surface area contributed by atoms with Gasteiger partial charge in [0, 0.05) is 20.1 Å². The van der Waals surface area contributed by atoms with E-state index in [1.807, 2.05) is 58.9 Å². The number of nitrogens with zero attached hydrogens (tertiary/aromatic N) is 2. The topological polar surface area (TPSA) is 86.8 Å². The minimum Gasteiger partial charge on any atom is -0.354 e. The fourth-order valence-corrected chi connectivity index (χ4v) is 4.73. The van der Waals surface area contributed by atoms with E-state index in [1.54, 1.807) is 12.1 Å². The van der Waals surface area contributed by atoms with Crippen LogP contribution in [0.15, 0.2) is 53.4 Å². The smallest absolute Gasteiger partial charge is 0.243 e. The summed E-state index contributed by atoms with van der Waals surface area (Å²) in [6.07, 6.45) is 0.413. The lowest BCUT2D eigenvalue weighted by Gasteiger charge is -2.32. The van der Waals surface area contributed by atoms with Crippen LogP contribution in [0.4, 0.5) is 0 Å². The molecule has 2 amide bonds. The third kappa shape index (κ3) is 7.40. The predicted molar refractivity (Wildman–Crippen MR) is 135 cm³/mol. The van der Waals surface area contributed by atoms with Crippen LogP contribution in [-0.4, -0.2) is 55.6 Å². The van der Waals surface area contributed by atoms with Crippen molar-refractivity contribution in [2.24, 2.45) is 5.92 Å². The van der Waals surface area contributed by atoms with Crippen LogP contribution in [0, 0.1) is 19.8 Å². The van der Waals surface area contributed by atoms with Gasteiger partial charge in [-0.25, -0.2) is 8.42 Å². The number of sulfonamides is 1. The van der Waals surface area contributed by atoms with E-state index in [1.165, 1.54) is 24.1 Å². The normalized spacial score (nSPS) is 12.6. The van der Waals surface area contributed by atoms with E-state index in [0.717, 1.165) is 21.0 Å². The molecule has 0 unspecified atom stereocenters. The Morgan fingerprint density at radius 2 is 1.65 bits per heavy atom. The van der Waals surface area contributed by atoms with E-state index in [4.69, 9.17) is 0 Å². The molecule has 0 aromatic heterocycles. The van der Waals surface area contributed by atoms with Crippen molar-refractivity contribution in [1.82, 2.24) is 14.5 Å². The number of likely N-dealkylation sites (N-methyl/N-ethyl adjacent to an activating group) is 1. The van der Waals surface area contributed by atoms with Crippen molar-refractivity contribution >= 4 is 21.8 Å². The summed E-state index contributed by atoms with van der Waals surface area (Å²) in [7, 11) is -2.47. The minimum atomic E-state index is -3.85. The van der Waals surface area contributed by atoms with E-state index >= 15 is 0 Å². The van der Waals surface area contributed by atoms with Gasteiger partial charge in [-0.2, -0.15) is 4.31 Å². The fraction of sp³-hybridized carbons (Fsp3) is 0.462. The van der Waals surface area contributed by atoms with E-state index < -0.39 is 22.0 Å². The van der Waals surface area contributed by atoms with E-state index in [2.05, 4.69) is 5.32 Å². The quantitative estimate of drug-likeness (QED) is 0.526. The molecule has 0 saturated carbocycles. The second-order valence-electron chi connectivity index (χ2n) is 9.15. The Hall–Kier alpha value is -2.71. The number of rotatable bonds is 11. The number of nitrogens with one attached hydrogen (secondary N) is 1. The fourth-order valence-electron chi connectivity index (χ4n) is 3.61. The Balaban J connectivity index is 2.31. The lowest BCUT2D eigenvalue weighted by atomic mass is 10.1. The molecule has 1 N–H and O–H groups in total. The van der Waals surface area contributed by atoms with Crippen molar-refractivity contribution in [1.29, 1.82) is 0 Å². The Bertz CT molecular complexity index is 1080. The molecule has 34 heavy (non-hydrogen) atoms. The second kappa shape index (κ2) is 12.1. The van der Waals surface area contributed by atoms with Gasteiger partial charge < -0.3 is 10.2 Å². The standard InChI is InChI=1S/C26H37N3O4S/c1-7-24(26(31)27-16-19(2)3)29(17-22-10-8-9-21(5)15-22)25(30)18-28(6)34(32,33)23-13-11-20(4)12-14-23/h8-15,19,24H,7,16-18H2,1-6H3,(H,27,31)/t24-/m1/s1. The van der Waals surface area contributed by atoms with Gasteiger partial charge >= 0.3 is 0 Å². The molecule has 2 rings (SSSR count). The van der Waals surface area contributed by atoms with Crippen molar-refractivity contribution in [3.05, 3.63) is 65.2 Å². The molecular weight excluding hydrogens is 450 g/mol. The van der Waals surface area contributed by atoms with Gasteiger partial charge in [-0.05, 0) is 43.9 Å². The van der Waals surface area contributed by atoms with Gasteiger partial charge in [0.25, 0.3) is 0 Å². The largest absolute Gasteiger partial charge is 0.354 e. The molecule has 1 atom stereocenters. The van der Waals surface area contributed by atoms with Gasteiger partial charge in [-0.1, -0.05) is 68.3 Å². The van der Waals surface area contributed by atoms with Crippen molar-refractivity contribution in [3.8, 4) is 0 Å². The maximum atomic E-state index is 13.5. The number of amides is 2. The molecule has 186 valence electrons. The van der Waals surface area contributed by atoms with Crippen LogP contribution in [0.25, 0.3) is 0 Å². The monoisotopic (exact) mass is 487 g/mol. The van der Waals surface area contributed by atoms with Crippen LogP contribution < -0.4 is 5.32 Å². The van der Waals surface area contributed by atoms with Gasteiger partial charge in [0.1, 0.15) is 6.04 Å². The molecule has 0 spiro atoms. The summed E-state index contributed by atoms with van der Waals surface area (Å²) in [5.41, 5.74) is 2.87. The SMILES string of the molecule is CC[C@H](C(=O)NCC(C)C)N(Cc1cccc(C)c1)C(=O)CN(C)S(=O)(=O)c1ccc(C)cc1.